The van der Waals surface area contributed by atoms with Crippen molar-refractivity contribution < 1.29 is 14.3 Å². The Labute approximate surface area is 83.0 Å². The number of aromatic carboxylic acids is 1. The highest BCUT2D eigenvalue weighted by Gasteiger charge is 2.15. The van der Waals surface area contributed by atoms with E-state index < -0.39 is 5.97 Å². The van der Waals surface area contributed by atoms with Crippen LogP contribution < -0.4 is 0 Å². The van der Waals surface area contributed by atoms with Crippen LogP contribution in [-0.2, 0) is 6.42 Å². The van der Waals surface area contributed by atoms with Gasteiger partial charge in [-0.1, -0.05) is 13.8 Å². The van der Waals surface area contributed by atoms with Crippen molar-refractivity contribution in [1.29, 1.82) is 0 Å². The zero-order valence-electron chi connectivity index (χ0n) is 8.70. The molecule has 4 heteroatoms. The Morgan fingerprint density at radius 1 is 1.57 bits per heavy atom. The van der Waals surface area contributed by atoms with E-state index in [9.17, 15) is 4.79 Å². The summed E-state index contributed by atoms with van der Waals surface area (Å²) >= 11 is 0. The van der Waals surface area contributed by atoms with E-state index in [4.69, 9.17) is 9.52 Å². The van der Waals surface area contributed by atoms with Crippen molar-refractivity contribution >= 4 is 5.97 Å². The Bertz CT molecular complexity index is 328. The first-order chi connectivity index (χ1) is 6.50. The highest BCUT2D eigenvalue weighted by molar-refractivity contribution is 5.85. The minimum Gasteiger partial charge on any atom is -0.475 e. The number of carboxylic acid groups (broad SMARTS) is 1. The fourth-order valence-corrected chi connectivity index (χ4v) is 1.17. The number of oxazole rings is 1. The smallest absolute Gasteiger partial charge is 0.373 e. The molecule has 0 fully saturated rings. The summed E-state index contributed by atoms with van der Waals surface area (Å²) in [5.41, 5.74) is 0.455. The van der Waals surface area contributed by atoms with Crippen LogP contribution in [-0.4, -0.2) is 16.1 Å². The third-order valence-corrected chi connectivity index (χ3v) is 1.97. The predicted octanol–water partition coefficient (Wildman–Crippen LogP) is 2.27. The monoisotopic (exact) mass is 197 g/mol. The molecule has 0 spiro atoms. The van der Waals surface area contributed by atoms with Gasteiger partial charge in [-0.2, -0.15) is 0 Å². The minimum atomic E-state index is -1.05. The lowest BCUT2D eigenvalue weighted by atomic mass is 10.1. The molecule has 0 aromatic carbocycles. The number of hydrogen-bond donors (Lipinski definition) is 1. The topological polar surface area (TPSA) is 63.3 Å². The van der Waals surface area contributed by atoms with Gasteiger partial charge in [0.25, 0.3) is 0 Å². The van der Waals surface area contributed by atoms with Crippen LogP contribution in [0, 0.1) is 12.8 Å². The molecule has 1 N–H and O–H groups in total. The Hall–Kier alpha value is -1.32. The summed E-state index contributed by atoms with van der Waals surface area (Å²) in [7, 11) is 0. The van der Waals surface area contributed by atoms with E-state index in [0.29, 0.717) is 23.9 Å². The lowest BCUT2D eigenvalue weighted by molar-refractivity contribution is 0.0659. The Kier molecular flexibility index (Phi) is 3.28. The maximum Gasteiger partial charge on any atom is 0.373 e. The fourth-order valence-electron chi connectivity index (χ4n) is 1.17. The predicted molar refractivity (Wildman–Crippen MR) is 51.4 cm³/mol. The Morgan fingerprint density at radius 3 is 2.64 bits per heavy atom. The van der Waals surface area contributed by atoms with Crippen LogP contribution >= 0.6 is 0 Å². The third kappa shape index (κ3) is 2.58. The van der Waals surface area contributed by atoms with E-state index in [0.717, 1.165) is 6.42 Å². The molecule has 0 atom stereocenters. The maximum atomic E-state index is 10.6. The molecule has 0 aliphatic carbocycles. The lowest BCUT2D eigenvalue weighted by Gasteiger charge is -1.99. The summed E-state index contributed by atoms with van der Waals surface area (Å²) in [6, 6.07) is 0. The lowest BCUT2D eigenvalue weighted by Crippen LogP contribution is -1.95. The molecule has 1 aromatic heterocycles. The molecule has 0 aliphatic rings. The van der Waals surface area contributed by atoms with Crippen LogP contribution in [0.2, 0.25) is 0 Å². The zero-order chi connectivity index (χ0) is 10.7. The number of aromatic nitrogens is 1. The Balaban J connectivity index is 2.71. The van der Waals surface area contributed by atoms with Gasteiger partial charge in [0.2, 0.25) is 5.76 Å². The normalized spacial score (nSPS) is 10.9. The fraction of sp³-hybridized carbons (Fsp3) is 0.600. The average Bonchev–Trinajstić information content (AvgIpc) is 2.43. The highest BCUT2D eigenvalue weighted by Crippen LogP contribution is 2.13. The summed E-state index contributed by atoms with van der Waals surface area (Å²) in [4.78, 5) is 14.7. The second-order valence-electron chi connectivity index (χ2n) is 3.76. The molecule has 0 amide bonds. The van der Waals surface area contributed by atoms with Crippen molar-refractivity contribution in [3.63, 3.8) is 0 Å². The molecular formula is C10H15NO3. The number of carboxylic acids is 1. The van der Waals surface area contributed by atoms with Crippen LogP contribution in [0.5, 0.6) is 0 Å². The quantitative estimate of drug-likeness (QED) is 0.804. The number of carbonyl (C=O) groups is 1. The zero-order valence-corrected chi connectivity index (χ0v) is 8.70. The van der Waals surface area contributed by atoms with Crippen molar-refractivity contribution in [3.8, 4) is 0 Å². The van der Waals surface area contributed by atoms with Crippen LogP contribution in [0.4, 0.5) is 0 Å². The van der Waals surface area contributed by atoms with Gasteiger partial charge in [0.1, 0.15) is 0 Å². The van der Waals surface area contributed by atoms with Crippen molar-refractivity contribution in [2.45, 2.75) is 33.6 Å². The summed E-state index contributed by atoms with van der Waals surface area (Å²) < 4.78 is 5.12. The van der Waals surface area contributed by atoms with Crippen LogP contribution in [0.1, 0.15) is 42.4 Å². The van der Waals surface area contributed by atoms with Crippen molar-refractivity contribution in [2.75, 3.05) is 0 Å². The van der Waals surface area contributed by atoms with E-state index >= 15 is 0 Å². The molecule has 1 rings (SSSR count). The number of rotatable bonds is 4. The third-order valence-electron chi connectivity index (χ3n) is 1.97. The highest BCUT2D eigenvalue weighted by atomic mass is 16.4. The van der Waals surface area contributed by atoms with Gasteiger partial charge in [-0.15, -0.1) is 0 Å². The van der Waals surface area contributed by atoms with Gasteiger partial charge >= 0.3 is 5.97 Å². The van der Waals surface area contributed by atoms with Gasteiger partial charge in [0.15, 0.2) is 5.89 Å². The molecule has 1 heterocycles. The molecule has 78 valence electrons. The van der Waals surface area contributed by atoms with Gasteiger partial charge in [0, 0.05) is 6.42 Å². The molecule has 1 aromatic rings. The van der Waals surface area contributed by atoms with Gasteiger partial charge < -0.3 is 9.52 Å². The number of aryl methyl sites for hydroxylation is 2. The first-order valence-electron chi connectivity index (χ1n) is 4.70. The molecule has 0 radical (unpaired) electrons. The first-order valence-corrected chi connectivity index (χ1v) is 4.70. The first kappa shape index (κ1) is 10.8. The van der Waals surface area contributed by atoms with E-state index in [2.05, 4.69) is 18.8 Å². The van der Waals surface area contributed by atoms with E-state index in [-0.39, 0.29) is 5.76 Å². The van der Waals surface area contributed by atoms with E-state index in [1.54, 1.807) is 6.92 Å². The van der Waals surface area contributed by atoms with Crippen molar-refractivity contribution in [3.05, 3.63) is 17.3 Å². The second-order valence-corrected chi connectivity index (χ2v) is 3.76. The summed E-state index contributed by atoms with van der Waals surface area (Å²) in [6.07, 6.45) is 1.66. The molecule has 0 saturated carbocycles. The van der Waals surface area contributed by atoms with E-state index in [1.807, 2.05) is 0 Å². The van der Waals surface area contributed by atoms with Gasteiger partial charge in [-0.3, -0.25) is 0 Å². The molecule has 0 unspecified atom stereocenters. The van der Waals surface area contributed by atoms with Crippen molar-refractivity contribution in [2.24, 2.45) is 5.92 Å². The molecule has 0 saturated heterocycles. The van der Waals surface area contributed by atoms with E-state index in [1.165, 1.54) is 0 Å². The van der Waals surface area contributed by atoms with Gasteiger partial charge in [-0.05, 0) is 19.3 Å². The van der Waals surface area contributed by atoms with Crippen LogP contribution in [0.3, 0.4) is 0 Å². The Morgan fingerprint density at radius 2 is 2.21 bits per heavy atom. The average molecular weight is 197 g/mol. The second kappa shape index (κ2) is 4.26. The summed E-state index contributed by atoms with van der Waals surface area (Å²) in [6.45, 7) is 5.85. The molecular weight excluding hydrogens is 182 g/mol. The van der Waals surface area contributed by atoms with Crippen LogP contribution in [0.15, 0.2) is 4.42 Å². The minimum absolute atomic E-state index is 0.0382. The molecule has 0 bridgehead atoms. The molecule has 14 heavy (non-hydrogen) atoms. The summed E-state index contributed by atoms with van der Waals surface area (Å²) in [5, 5.41) is 8.72. The maximum absolute atomic E-state index is 10.6. The van der Waals surface area contributed by atoms with Crippen molar-refractivity contribution in [1.82, 2.24) is 4.98 Å². The summed E-state index contributed by atoms with van der Waals surface area (Å²) in [5.74, 6) is -0.00126. The van der Waals surface area contributed by atoms with Crippen LogP contribution in [0.25, 0.3) is 0 Å². The number of nitrogens with zero attached hydrogens (tertiary/aromatic N) is 1. The molecule has 0 aliphatic heterocycles. The van der Waals surface area contributed by atoms with Gasteiger partial charge in [0.05, 0.1) is 5.69 Å². The molecule has 4 nitrogen and oxygen atoms in total. The van der Waals surface area contributed by atoms with Gasteiger partial charge in [-0.25, -0.2) is 9.78 Å². The SMILES string of the molecule is Cc1nc(CCC(C)C)oc1C(=O)O. The number of hydrogen-bond acceptors (Lipinski definition) is 3. The largest absolute Gasteiger partial charge is 0.475 e. The standard InChI is InChI=1S/C10H15NO3/c1-6(2)4-5-8-11-7(3)9(14-8)10(12)13/h6H,4-5H2,1-3H3,(H,12,13).